The smallest absolute Gasteiger partial charge is 0.248 e. The van der Waals surface area contributed by atoms with Crippen LogP contribution in [-0.2, 0) is 25.9 Å². The predicted molar refractivity (Wildman–Crippen MR) is 116 cm³/mol. The third-order valence-corrected chi connectivity index (χ3v) is 8.57. The summed E-state index contributed by atoms with van der Waals surface area (Å²) in [5.74, 6) is -0.452. The average Bonchev–Trinajstić information content (AvgIpc) is 3.08. The molecule has 0 fully saturated rings. The van der Waals surface area contributed by atoms with Crippen LogP contribution in [0.25, 0.3) is 22.2 Å². The molecule has 0 bridgehead atoms. The number of benzene rings is 2. The molecular formula is C23H25FN2O3S. The number of amides is 1. The van der Waals surface area contributed by atoms with Gasteiger partial charge in [0.25, 0.3) is 0 Å². The predicted octanol–water partition coefficient (Wildman–Crippen LogP) is 4.15. The standard InChI is InChI=1S/C23H25FN2O3S/c1-4-25(5-2)22(27)23(3)20-16-10-6-8-12-18(16)26(15-14-24)21(20)17-11-7-9-13-19(17)30(23,28)29/h6-13H,4-5,14-15H2,1-3H3. The highest BCUT2D eigenvalue weighted by Crippen LogP contribution is 2.52. The van der Waals surface area contributed by atoms with Crippen LogP contribution in [0.2, 0.25) is 0 Å². The van der Waals surface area contributed by atoms with Gasteiger partial charge in [0, 0.05) is 35.1 Å². The van der Waals surface area contributed by atoms with Gasteiger partial charge in [-0.25, -0.2) is 12.8 Å². The fraction of sp³-hybridized carbons (Fsp3) is 0.348. The van der Waals surface area contributed by atoms with Crippen molar-refractivity contribution >= 4 is 26.6 Å². The monoisotopic (exact) mass is 428 g/mol. The fourth-order valence-corrected chi connectivity index (χ4v) is 6.65. The molecule has 2 aromatic carbocycles. The van der Waals surface area contributed by atoms with E-state index in [0.717, 1.165) is 5.52 Å². The van der Waals surface area contributed by atoms with Crippen molar-refractivity contribution in [1.82, 2.24) is 9.47 Å². The second kappa shape index (κ2) is 7.23. The third-order valence-electron chi connectivity index (χ3n) is 6.18. The zero-order chi connectivity index (χ0) is 21.7. The molecule has 7 heteroatoms. The summed E-state index contributed by atoms with van der Waals surface area (Å²) in [6, 6.07) is 14.0. The van der Waals surface area contributed by atoms with Crippen molar-refractivity contribution in [1.29, 1.82) is 0 Å². The van der Waals surface area contributed by atoms with Gasteiger partial charge in [0.15, 0.2) is 14.6 Å². The number of hydrogen-bond donors (Lipinski definition) is 0. The molecule has 0 N–H and O–H groups in total. The first kappa shape index (κ1) is 20.6. The van der Waals surface area contributed by atoms with Gasteiger partial charge in [0.05, 0.1) is 17.1 Å². The number of likely N-dealkylation sites (N-methyl/N-ethyl adjacent to an activating group) is 1. The second-order valence-corrected chi connectivity index (χ2v) is 9.85. The van der Waals surface area contributed by atoms with Crippen molar-refractivity contribution in [2.45, 2.75) is 37.0 Å². The molecule has 3 aromatic rings. The summed E-state index contributed by atoms with van der Waals surface area (Å²) in [6.45, 7) is 5.47. The van der Waals surface area contributed by atoms with Gasteiger partial charge in [-0.2, -0.15) is 0 Å². The van der Waals surface area contributed by atoms with Crippen molar-refractivity contribution in [3.8, 4) is 11.3 Å². The third kappa shape index (κ3) is 2.51. The molecule has 0 saturated heterocycles. The average molecular weight is 429 g/mol. The first-order valence-corrected chi connectivity index (χ1v) is 11.6. The number of halogens is 1. The van der Waals surface area contributed by atoms with Crippen molar-refractivity contribution in [3.63, 3.8) is 0 Å². The van der Waals surface area contributed by atoms with Crippen LogP contribution in [0, 0.1) is 0 Å². The van der Waals surface area contributed by atoms with Crippen LogP contribution < -0.4 is 0 Å². The molecular weight excluding hydrogens is 403 g/mol. The molecule has 1 aromatic heterocycles. The maximum atomic E-state index is 13.9. The fourth-order valence-electron chi connectivity index (χ4n) is 4.67. The Balaban J connectivity index is 2.22. The van der Waals surface area contributed by atoms with E-state index < -0.39 is 27.2 Å². The number of nitrogens with zero attached hydrogens (tertiary/aromatic N) is 2. The first-order chi connectivity index (χ1) is 14.3. The number of hydrogen-bond acceptors (Lipinski definition) is 3. The van der Waals surface area contributed by atoms with E-state index in [9.17, 15) is 17.6 Å². The molecule has 4 rings (SSSR count). The lowest BCUT2D eigenvalue weighted by molar-refractivity contribution is -0.133. The number of rotatable bonds is 5. The Morgan fingerprint density at radius 3 is 2.37 bits per heavy atom. The highest BCUT2D eigenvalue weighted by molar-refractivity contribution is 7.93. The molecule has 5 nitrogen and oxygen atoms in total. The van der Waals surface area contributed by atoms with E-state index in [-0.39, 0.29) is 11.4 Å². The van der Waals surface area contributed by atoms with E-state index in [1.165, 1.54) is 6.92 Å². The molecule has 0 saturated carbocycles. The molecule has 2 heterocycles. The molecule has 158 valence electrons. The van der Waals surface area contributed by atoms with Crippen LogP contribution in [0.15, 0.2) is 53.4 Å². The number of aryl methyl sites for hydroxylation is 1. The van der Waals surface area contributed by atoms with Gasteiger partial charge in [-0.15, -0.1) is 0 Å². The second-order valence-electron chi connectivity index (χ2n) is 7.59. The van der Waals surface area contributed by atoms with E-state index >= 15 is 0 Å². The van der Waals surface area contributed by atoms with Gasteiger partial charge in [0.2, 0.25) is 5.91 Å². The normalized spacial score (nSPS) is 19.3. The van der Waals surface area contributed by atoms with E-state index in [1.807, 2.05) is 42.7 Å². The lowest BCUT2D eigenvalue weighted by Gasteiger charge is -2.37. The maximum absolute atomic E-state index is 13.9. The maximum Gasteiger partial charge on any atom is 0.248 e. The highest BCUT2D eigenvalue weighted by Gasteiger charge is 2.56. The molecule has 1 aliphatic rings. The van der Waals surface area contributed by atoms with Crippen molar-refractivity contribution in [2.24, 2.45) is 0 Å². The number of fused-ring (bicyclic) bond motifs is 5. The summed E-state index contributed by atoms with van der Waals surface area (Å²) in [7, 11) is -4.05. The molecule has 1 atom stereocenters. The summed E-state index contributed by atoms with van der Waals surface area (Å²) >= 11 is 0. The zero-order valence-corrected chi connectivity index (χ0v) is 18.2. The summed E-state index contributed by atoms with van der Waals surface area (Å²) in [5, 5.41) is 0.669. The first-order valence-electron chi connectivity index (χ1n) is 10.2. The van der Waals surface area contributed by atoms with Crippen LogP contribution in [-0.4, -0.2) is 43.6 Å². The quantitative estimate of drug-likeness (QED) is 0.613. The van der Waals surface area contributed by atoms with Crippen molar-refractivity contribution in [2.75, 3.05) is 19.8 Å². The highest BCUT2D eigenvalue weighted by atomic mass is 32.2. The minimum atomic E-state index is -4.05. The number of para-hydroxylation sites is 1. The lowest BCUT2D eigenvalue weighted by Crippen LogP contribution is -2.51. The van der Waals surface area contributed by atoms with Gasteiger partial charge in [-0.3, -0.25) is 4.79 Å². The Hall–Kier alpha value is -2.67. The van der Waals surface area contributed by atoms with Crippen LogP contribution in [0.5, 0.6) is 0 Å². The molecule has 1 amide bonds. The molecule has 1 aliphatic heterocycles. The number of carbonyl (C=O) groups is 1. The van der Waals surface area contributed by atoms with Gasteiger partial charge >= 0.3 is 0 Å². The van der Waals surface area contributed by atoms with Gasteiger partial charge in [-0.05, 0) is 32.9 Å². The Morgan fingerprint density at radius 2 is 1.70 bits per heavy atom. The van der Waals surface area contributed by atoms with Crippen molar-refractivity contribution < 1.29 is 17.6 Å². The molecule has 0 radical (unpaired) electrons. The molecule has 0 aliphatic carbocycles. The van der Waals surface area contributed by atoms with E-state index in [2.05, 4.69) is 0 Å². The van der Waals surface area contributed by atoms with E-state index in [4.69, 9.17) is 0 Å². The van der Waals surface area contributed by atoms with Crippen molar-refractivity contribution in [3.05, 3.63) is 54.1 Å². The summed E-state index contributed by atoms with van der Waals surface area (Å²) < 4.78 is 41.5. The largest absolute Gasteiger partial charge is 0.342 e. The van der Waals surface area contributed by atoms with Crippen LogP contribution in [0.3, 0.4) is 0 Å². The minimum absolute atomic E-state index is 0.0831. The number of aromatic nitrogens is 1. The van der Waals surface area contributed by atoms with Crippen LogP contribution >= 0.6 is 0 Å². The Morgan fingerprint density at radius 1 is 1.07 bits per heavy atom. The molecule has 30 heavy (non-hydrogen) atoms. The molecule has 1 unspecified atom stereocenters. The summed E-state index contributed by atoms with van der Waals surface area (Å²) in [6.07, 6.45) is 0. The van der Waals surface area contributed by atoms with Gasteiger partial charge < -0.3 is 9.47 Å². The van der Waals surface area contributed by atoms with Gasteiger partial charge in [-0.1, -0.05) is 36.4 Å². The summed E-state index contributed by atoms with van der Waals surface area (Å²) in [4.78, 5) is 15.4. The topological polar surface area (TPSA) is 59.4 Å². The number of carbonyl (C=O) groups excluding carboxylic acids is 1. The van der Waals surface area contributed by atoms with E-state index in [1.54, 1.807) is 29.2 Å². The molecule has 0 spiro atoms. The zero-order valence-electron chi connectivity index (χ0n) is 17.4. The van der Waals surface area contributed by atoms with E-state index in [0.29, 0.717) is 35.3 Å². The number of sulfone groups is 1. The van der Waals surface area contributed by atoms with Gasteiger partial charge in [0.1, 0.15) is 6.67 Å². The lowest BCUT2D eigenvalue weighted by atomic mass is 9.91. The minimum Gasteiger partial charge on any atom is -0.342 e. The summed E-state index contributed by atoms with van der Waals surface area (Å²) in [5.41, 5.74) is 2.30. The SMILES string of the molecule is CCN(CC)C(=O)C1(C)c2c(n(CCF)c3ccccc23)-c2ccccc2S1(=O)=O. The number of alkyl halides is 1. The Labute approximate surface area is 176 Å². The Bertz CT molecular complexity index is 1240. The van der Waals surface area contributed by atoms with Crippen LogP contribution in [0.4, 0.5) is 4.39 Å². The Kier molecular flexibility index (Phi) is 4.97. The van der Waals surface area contributed by atoms with Crippen LogP contribution in [0.1, 0.15) is 26.3 Å².